The third-order valence-corrected chi connectivity index (χ3v) is 2.94. The molecule has 0 atom stereocenters. The summed E-state index contributed by atoms with van der Waals surface area (Å²) in [5.41, 5.74) is 4.22. The molecule has 1 aromatic carbocycles. The topological polar surface area (TPSA) is 94.8 Å². The summed E-state index contributed by atoms with van der Waals surface area (Å²) < 4.78 is 0. The number of nitrogens with one attached hydrogen (secondary N) is 4. The molecule has 0 radical (unpaired) electrons. The number of H-pyrrole nitrogens is 2. The highest BCUT2D eigenvalue weighted by Crippen LogP contribution is 2.13. The van der Waals surface area contributed by atoms with E-state index in [1.165, 1.54) is 0 Å². The molecule has 21 heavy (non-hydrogen) atoms. The highest BCUT2D eigenvalue weighted by molar-refractivity contribution is 5.81. The van der Waals surface area contributed by atoms with Gasteiger partial charge in [0, 0.05) is 12.7 Å². The van der Waals surface area contributed by atoms with Crippen LogP contribution in [-0.2, 0) is 4.84 Å². The van der Waals surface area contributed by atoms with E-state index in [1.54, 1.807) is 24.4 Å². The van der Waals surface area contributed by atoms with Crippen molar-refractivity contribution in [2.45, 2.75) is 0 Å². The van der Waals surface area contributed by atoms with Crippen LogP contribution in [0.3, 0.4) is 0 Å². The molecule has 7 heteroatoms. The first-order chi connectivity index (χ1) is 10.3. The van der Waals surface area contributed by atoms with Gasteiger partial charge in [-0.2, -0.15) is 0 Å². The number of anilines is 2. The lowest BCUT2D eigenvalue weighted by Gasteiger charge is -2.08. The molecule has 3 aromatic rings. The summed E-state index contributed by atoms with van der Waals surface area (Å²) in [6.07, 6.45) is 1.73. The van der Waals surface area contributed by atoms with E-state index in [9.17, 15) is 4.79 Å². The molecule has 0 fully saturated rings. The Kier molecular flexibility index (Phi) is 3.83. The Morgan fingerprint density at radius 2 is 2.14 bits per heavy atom. The van der Waals surface area contributed by atoms with Crippen LogP contribution < -0.4 is 16.4 Å². The summed E-state index contributed by atoms with van der Waals surface area (Å²) in [6, 6.07) is 11.0. The van der Waals surface area contributed by atoms with E-state index in [0.717, 1.165) is 17.0 Å². The molecule has 0 bridgehead atoms. The highest BCUT2D eigenvalue weighted by atomic mass is 16.6. The summed E-state index contributed by atoms with van der Waals surface area (Å²) in [5, 5.41) is 9.09. The second-order valence-electron chi connectivity index (χ2n) is 4.43. The first-order valence-electron chi connectivity index (χ1n) is 6.56. The van der Waals surface area contributed by atoms with Crippen LogP contribution >= 0.6 is 0 Å². The number of hydrogen-bond acceptors (Lipinski definition) is 5. The monoisotopic (exact) mass is 285 g/mol. The lowest BCUT2D eigenvalue weighted by atomic mass is 10.2. The minimum absolute atomic E-state index is 0.128. The summed E-state index contributed by atoms with van der Waals surface area (Å²) >= 11 is 0. The number of pyridine rings is 1. The van der Waals surface area contributed by atoms with Crippen LogP contribution in [0.5, 0.6) is 0 Å². The summed E-state index contributed by atoms with van der Waals surface area (Å²) in [4.78, 5) is 20.9. The van der Waals surface area contributed by atoms with Crippen molar-refractivity contribution in [3.63, 3.8) is 0 Å². The van der Waals surface area contributed by atoms with Crippen molar-refractivity contribution >= 4 is 22.4 Å². The number of aromatic amines is 2. The van der Waals surface area contributed by atoms with E-state index >= 15 is 0 Å². The zero-order valence-corrected chi connectivity index (χ0v) is 11.2. The molecule has 0 aliphatic rings. The highest BCUT2D eigenvalue weighted by Gasteiger charge is 2.01. The Hall–Kier alpha value is -2.80. The standard InChI is InChI=1S/C14H15N5O2/c20-14-11-5-4-10(9-12(11)17-18-14)19-21-8-7-16-13-3-1-2-6-15-13/h1-6,9,19H,7-8H2,(H,15,16)(H2,17,18,20). The van der Waals surface area contributed by atoms with E-state index in [1.807, 2.05) is 18.2 Å². The Morgan fingerprint density at radius 1 is 1.19 bits per heavy atom. The lowest BCUT2D eigenvalue weighted by molar-refractivity contribution is 0.205. The molecule has 0 aliphatic carbocycles. The second kappa shape index (κ2) is 6.10. The molecule has 0 aliphatic heterocycles. The van der Waals surface area contributed by atoms with E-state index in [0.29, 0.717) is 18.5 Å². The van der Waals surface area contributed by atoms with Gasteiger partial charge in [0.25, 0.3) is 5.56 Å². The van der Waals surface area contributed by atoms with Gasteiger partial charge in [-0.1, -0.05) is 6.07 Å². The summed E-state index contributed by atoms with van der Waals surface area (Å²) in [5.74, 6) is 0.812. The van der Waals surface area contributed by atoms with E-state index in [2.05, 4.69) is 26.0 Å². The van der Waals surface area contributed by atoms with Crippen molar-refractivity contribution in [3.05, 3.63) is 52.9 Å². The first kappa shape index (κ1) is 13.2. The molecule has 0 unspecified atom stereocenters. The van der Waals surface area contributed by atoms with Crippen LogP contribution in [0.2, 0.25) is 0 Å². The van der Waals surface area contributed by atoms with Crippen LogP contribution in [0.15, 0.2) is 47.4 Å². The number of aromatic nitrogens is 3. The molecule has 2 heterocycles. The number of nitrogens with zero attached hydrogens (tertiary/aromatic N) is 1. The number of rotatable bonds is 6. The third kappa shape index (κ3) is 3.21. The van der Waals surface area contributed by atoms with Crippen molar-refractivity contribution in [1.29, 1.82) is 0 Å². The molecule has 0 spiro atoms. The maximum atomic E-state index is 11.4. The van der Waals surface area contributed by atoms with Gasteiger partial charge in [-0.25, -0.2) is 4.98 Å². The molecule has 2 aromatic heterocycles. The average Bonchev–Trinajstić information content (AvgIpc) is 2.89. The van der Waals surface area contributed by atoms with Gasteiger partial charge in [0.05, 0.1) is 23.2 Å². The third-order valence-electron chi connectivity index (χ3n) is 2.94. The van der Waals surface area contributed by atoms with Crippen molar-refractivity contribution in [2.75, 3.05) is 23.9 Å². The SMILES string of the molecule is O=c1[nH][nH]c2cc(NOCCNc3ccccn3)ccc12. The summed E-state index contributed by atoms with van der Waals surface area (Å²) in [6.45, 7) is 1.10. The predicted octanol–water partition coefficient (Wildman–Crippen LogP) is 1.71. The fraction of sp³-hybridized carbons (Fsp3) is 0.143. The minimum atomic E-state index is -0.128. The Morgan fingerprint density at radius 3 is 3.00 bits per heavy atom. The quantitative estimate of drug-likeness (QED) is 0.408. The van der Waals surface area contributed by atoms with E-state index in [-0.39, 0.29) is 5.56 Å². The number of benzene rings is 1. The van der Waals surface area contributed by atoms with Gasteiger partial charge >= 0.3 is 0 Å². The van der Waals surface area contributed by atoms with Gasteiger partial charge < -0.3 is 5.32 Å². The molecular weight excluding hydrogens is 270 g/mol. The van der Waals surface area contributed by atoms with Gasteiger partial charge in [-0.15, -0.1) is 0 Å². The lowest BCUT2D eigenvalue weighted by Crippen LogP contribution is -2.13. The fourth-order valence-electron chi connectivity index (χ4n) is 1.93. The number of hydrogen-bond donors (Lipinski definition) is 4. The molecule has 0 saturated heterocycles. The van der Waals surface area contributed by atoms with Crippen LogP contribution in [0.1, 0.15) is 0 Å². The van der Waals surface area contributed by atoms with E-state index in [4.69, 9.17) is 4.84 Å². The molecule has 4 N–H and O–H groups in total. The van der Waals surface area contributed by atoms with Crippen LogP contribution in [0.25, 0.3) is 10.9 Å². The van der Waals surface area contributed by atoms with Crippen LogP contribution in [-0.4, -0.2) is 28.3 Å². The van der Waals surface area contributed by atoms with Gasteiger partial charge in [-0.05, 0) is 30.3 Å². The number of fused-ring (bicyclic) bond motifs is 1. The maximum absolute atomic E-state index is 11.4. The molecule has 0 amide bonds. The van der Waals surface area contributed by atoms with Crippen molar-refractivity contribution in [2.24, 2.45) is 0 Å². The van der Waals surface area contributed by atoms with Crippen molar-refractivity contribution < 1.29 is 4.84 Å². The van der Waals surface area contributed by atoms with Gasteiger partial charge in [0.15, 0.2) is 0 Å². The van der Waals surface area contributed by atoms with Crippen LogP contribution in [0.4, 0.5) is 11.5 Å². The van der Waals surface area contributed by atoms with Crippen LogP contribution in [0, 0.1) is 0 Å². The molecule has 0 saturated carbocycles. The van der Waals surface area contributed by atoms with Gasteiger partial charge in [0.1, 0.15) is 5.82 Å². The molecule has 108 valence electrons. The Labute approximate surface area is 120 Å². The molecule has 3 rings (SSSR count). The largest absolute Gasteiger partial charge is 0.368 e. The van der Waals surface area contributed by atoms with E-state index < -0.39 is 0 Å². The molecular formula is C14H15N5O2. The second-order valence-corrected chi connectivity index (χ2v) is 4.43. The fourth-order valence-corrected chi connectivity index (χ4v) is 1.93. The smallest absolute Gasteiger partial charge is 0.271 e. The van der Waals surface area contributed by atoms with Crippen molar-refractivity contribution in [1.82, 2.24) is 15.2 Å². The predicted molar refractivity (Wildman–Crippen MR) is 81.2 cm³/mol. The average molecular weight is 285 g/mol. The normalized spacial score (nSPS) is 10.7. The minimum Gasteiger partial charge on any atom is -0.368 e. The molecule has 7 nitrogen and oxygen atoms in total. The van der Waals surface area contributed by atoms with Crippen molar-refractivity contribution in [3.8, 4) is 0 Å². The Bertz CT molecular complexity index is 766. The first-order valence-corrected chi connectivity index (χ1v) is 6.56. The zero-order chi connectivity index (χ0) is 14.5. The maximum Gasteiger partial charge on any atom is 0.271 e. The summed E-state index contributed by atoms with van der Waals surface area (Å²) in [7, 11) is 0. The zero-order valence-electron chi connectivity index (χ0n) is 11.2. The Balaban J connectivity index is 1.47. The van der Waals surface area contributed by atoms with Gasteiger partial charge in [-0.3, -0.25) is 25.3 Å². The van der Waals surface area contributed by atoms with Gasteiger partial charge in [0.2, 0.25) is 0 Å².